The monoisotopic (exact) mass is 237 g/mol. The molecule has 17 heavy (non-hydrogen) atoms. The minimum absolute atomic E-state index is 0.289. The molecule has 0 aromatic heterocycles. The van der Waals surface area contributed by atoms with E-state index in [0.717, 1.165) is 5.56 Å². The van der Waals surface area contributed by atoms with Crippen LogP contribution in [0.2, 0.25) is 0 Å². The molecule has 1 rings (SSSR count). The molecule has 0 saturated carbocycles. The predicted octanol–water partition coefficient (Wildman–Crippen LogP) is 2.53. The largest absolute Gasteiger partial charge is 0.478 e. The molecule has 0 atom stereocenters. The van der Waals surface area contributed by atoms with Crippen LogP contribution >= 0.6 is 0 Å². The number of anilines is 1. The van der Waals surface area contributed by atoms with Gasteiger partial charge in [0.2, 0.25) is 0 Å². The lowest BCUT2D eigenvalue weighted by Crippen LogP contribution is -2.32. The second-order valence-corrected chi connectivity index (χ2v) is 4.62. The van der Waals surface area contributed by atoms with Gasteiger partial charge in [0, 0.05) is 13.7 Å². The molecule has 0 aliphatic heterocycles. The standard InChI is InChI=1S/C13H19NO3/c1-9-6-5-7-10(12(15)16)11(9)14-8-13(2,3)17-4/h5-7,14H,8H2,1-4H3,(H,15,16). The Balaban J connectivity index is 2.94. The van der Waals surface area contributed by atoms with Gasteiger partial charge >= 0.3 is 5.97 Å². The first kappa shape index (κ1) is 13.5. The van der Waals surface area contributed by atoms with Gasteiger partial charge in [-0.2, -0.15) is 0 Å². The summed E-state index contributed by atoms with van der Waals surface area (Å²) in [6.07, 6.45) is 0. The molecule has 0 saturated heterocycles. The Kier molecular flexibility index (Phi) is 4.12. The number of ether oxygens (including phenoxy) is 1. The number of carbonyl (C=O) groups is 1. The predicted molar refractivity (Wildman–Crippen MR) is 67.7 cm³/mol. The maximum atomic E-state index is 11.1. The number of carboxylic acid groups (broad SMARTS) is 1. The zero-order chi connectivity index (χ0) is 13.1. The SMILES string of the molecule is COC(C)(C)CNc1c(C)cccc1C(=O)O. The van der Waals surface area contributed by atoms with Crippen LogP contribution in [0.3, 0.4) is 0 Å². The third-order valence-electron chi connectivity index (χ3n) is 2.75. The van der Waals surface area contributed by atoms with Crippen molar-refractivity contribution >= 4 is 11.7 Å². The van der Waals surface area contributed by atoms with Crippen LogP contribution in [0.4, 0.5) is 5.69 Å². The summed E-state index contributed by atoms with van der Waals surface area (Å²) < 4.78 is 5.29. The van der Waals surface area contributed by atoms with Crippen molar-refractivity contribution in [1.29, 1.82) is 0 Å². The van der Waals surface area contributed by atoms with Crippen molar-refractivity contribution in [2.75, 3.05) is 19.0 Å². The van der Waals surface area contributed by atoms with Crippen molar-refractivity contribution in [3.05, 3.63) is 29.3 Å². The molecule has 0 aliphatic carbocycles. The molecule has 1 aromatic carbocycles. The van der Waals surface area contributed by atoms with Crippen molar-refractivity contribution < 1.29 is 14.6 Å². The Morgan fingerprint density at radius 3 is 2.65 bits per heavy atom. The van der Waals surface area contributed by atoms with E-state index < -0.39 is 5.97 Å². The van der Waals surface area contributed by atoms with Crippen LogP contribution in [-0.4, -0.2) is 30.3 Å². The maximum Gasteiger partial charge on any atom is 0.337 e. The van der Waals surface area contributed by atoms with Gasteiger partial charge in [-0.1, -0.05) is 12.1 Å². The average Bonchev–Trinajstić information content (AvgIpc) is 2.27. The lowest BCUT2D eigenvalue weighted by atomic mass is 10.1. The minimum atomic E-state index is -0.925. The van der Waals surface area contributed by atoms with E-state index >= 15 is 0 Å². The van der Waals surface area contributed by atoms with Gasteiger partial charge < -0.3 is 15.2 Å². The molecule has 2 N–H and O–H groups in total. The summed E-state index contributed by atoms with van der Waals surface area (Å²) >= 11 is 0. The van der Waals surface area contributed by atoms with Crippen LogP contribution < -0.4 is 5.32 Å². The van der Waals surface area contributed by atoms with Crippen molar-refractivity contribution in [1.82, 2.24) is 0 Å². The van der Waals surface area contributed by atoms with Gasteiger partial charge in [0.05, 0.1) is 16.9 Å². The molecule has 0 unspecified atom stereocenters. The summed E-state index contributed by atoms with van der Waals surface area (Å²) in [5.74, 6) is -0.925. The second-order valence-electron chi connectivity index (χ2n) is 4.62. The highest BCUT2D eigenvalue weighted by molar-refractivity contribution is 5.95. The van der Waals surface area contributed by atoms with E-state index in [2.05, 4.69) is 5.32 Å². The van der Waals surface area contributed by atoms with E-state index in [1.54, 1.807) is 19.2 Å². The summed E-state index contributed by atoms with van der Waals surface area (Å²) in [4.78, 5) is 11.1. The number of aryl methyl sites for hydroxylation is 1. The molecular formula is C13H19NO3. The fourth-order valence-corrected chi connectivity index (χ4v) is 1.45. The van der Waals surface area contributed by atoms with Gasteiger partial charge in [0.15, 0.2) is 0 Å². The molecule has 0 radical (unpaired) electrons. The lowest BCUT2D eigenvalue weighted by Gasteiger charge is -2.25. The van der Waals surface area contributed by atoms with Crippen LogP contribution in [0.15, 0.2) is 18.2 Å². The number of hydrogen-bond acceptors (Lipinski definition) is 3. The molecule has 0 heterocycles. The van der Waals surface area contributed by atoms with E-state index in [4.69, 9.17) is 9.84 Å². The molecule has 0 aliphatic rings. The zero-order valence-electron chi connectivity index (χ0n) is 10.7. The topological polar surface area (TPSA) is 58.6 Å². The molecule has 0 fully saturated rings. The smallest absolute Gasteiger partial charge is 0.337 e. The number of aromatic carboxylic acids is 1. The van der Waals surface area contributed by atoms with Gasteiger partial charge in [0.25, 0.3) is 0 Å². The number of nitrogens with one attached hydrogen (secondary N) is 1. The molecule has 4 nitrogen and oxygen atoms in total. The third kappa shape index (κ3) is 3.46. The zero-order valence-corrected chi connectivity index (χ0v) is 10.7. The van der Waals surface area contributed by atoms with Crippen molar-refractivity contribution in [2.24, 2.45) is 0 Å². The minimum Gasteiger partial charge on any atom is -0.478 e. The van der Waals surface area contributed by atoms with E-state index in [0.29, 0.717) is 12.2 Å². The van der Waals surface area contributed by atoms with Gasteiger partial charge in [-0.3, -0.25) is 0 Å². The Morgan fingerprint density at radius 2 is 2.12 bits per heavy atom. The Labute approximate surface area is 102 Å². The first-order chi connectivity index (χ1) is 7.87. The molecule has 1 aromatic rings. The van der Waals surface area contributed by atoms with Crippen LogP contribution in [0, 0.1) is 6.92 Å². The quantitative estimate of drug-likeness (QED) is 0.826. The van der Waals surface area contributed by atoms with E-state index in [1.807, 2.05) is 26.8 Å². The molecule has 0 amide bonds. The van der Waals surface area contributed by atoms with Crippen LogP contribution in [0.5, 0.6) is 0 Å². The summed E-state index contributed by atoms with van der Waals surface area (Å²) in [5.41, 5.74) is 1.52. The van der Waals surface area contributed by atoms with Gasteiger partial charge in [0.1, 0.15) is 0 Å². The molecule has 0 spiro atoms. The third-order valence-corrected chi connectivity index (χ3v) is 2.75. The van der Waals surface area contributed by atoms with Gasteiger partial charge in [-0.05, 0) is 32.4 Å². The number of methoxy groups -OCH3 is 1. The number of carboxylic acids is 1. The first-order valence-corrected chi connectivity index (χ1v) is 5.49. The Morgan fingerprint density at radius 1 is 1.47 bits per heavy atom. The summed E-state index contributed by atoms with van der Waals surface area (Å²) in [6.45, 7) is 6.32. The van der Waals surface area contributed by atoms with Gasteiger partial charge in [-0.25, -0.2) is 4.79 Å². The lowest BCUT2D eigenvalue weighted by molar-refractivity contribution is 0.0343. The number of hydrogen-bond donors (Lipinski definition) is 2. The van der Waals surface area contributed by atoms with E-state index in [9.17, 15) is 4.79 Å². The van der Waals surface area contributed by atoms with Crippen molar-refractivity contribution in [2.45, 2.75) is 26.4 Å². The fraction of sp³-hybridized carbons (Fsp3) is 0.462. The summed E-state index contributed by atoms with van der Waals surface area (Å²) in [6, 6.07) is 5.22. The normalized spacial score (nSPS) is 11.3. The molecule has 4 heteroatoms. The highest BCUT2D eigenvalue weighted by atomic mass is 16.5. The van der Waals surface area contributed by atoms with Gasteiger partial charge in [-0.15, -0.1) is 0 Å². The van der Waals surface area contributed by atoms with E-state index in [-0.39, 0.29) is 11.2 Å². The number of para-hydroxylation sites is 1. The first-order valence-electron chi connectivity index (χ1n) is 5.49. The second kappa shape index (κ2) is 5.19. The van der Waals surface area contributed by atoms with Crippen LogP contribution in [0.1, 0.15) is 29.8 Å². The molecule has 94 valence electrons. The maximum absolute atomic E-state index is 11.1. The summed E-state index contributed by atoms with van der Waals surface area (Å²) in [7, 11) is 1.64. The van der Waals surface area contributed by atoms with Crippen molar-refractivity contribution in [3.63, 3.8) is 0 Å². The Hall–Kier alpha value is -1.55. The number of rotatable bonds is 5. The fourth-order valence-electron chi connectivity index (χ4n) is 1.45. The van der Waals surface area contributed by atoms with Crippen molar-refractivity contribution in [3.8, 4) is 0 Å². The molecule has 0 bridgehead atoms. The highest BCUT2D eigenvalue weighted by Gasteiger charge is 2.18. The summed E-state index contributed by atoms with van der Waals surface area (Å²) in [5, 5.41) is 12.3. The number of benzene rings is 1. The average molecular weight is 237 g/mol. The molecular weight excluding hydrogens is 218 g/mol. The van der Waals surface area contributed by atoms with E-state index in [1.165, 1.54) is 0 Å². The van der Waals surface area contributed by atoms with Crippen LogP contribution in [-0.2, 0) is 4.74 Å². The Bertz CT molecular complexity index is 413. The van der Waals surface area contributed by atoms with Crippen LogP contribution in [0.25, 0.3) is 0 Å². The highest BCUT2D eigenvalue weighted by Crippen LogP contribution is 2.21.